The first-order chi connectivity index (χ1) is 15.0. The molecule has 0 fully saturated rings. The summed E-state index contributed by atoms with van der Waals surface area (Å²) in [6, 6.07) is 20.4. The minimum Gasteiger partial charge on any atom is -0.497 e. The number of hydrogen-bond acceptors (Lipinski definition) is 4. The van der Waals surface area contributed by atoms with Gasteiger partial charge in [0.15, 0.2) is 0 Å². The molecule has 0 bridgehead atoms. The van der Waals surface area contributed by atoms with Crippen molar-refractivity contribution in [2.24, 2.45) is 4.99 Å². The van der Waals surface area contributed by atoms with Gasteiger partial charge >= 0.3 is 0 Å². The zero-order valence-electron chi connectivity index (χ0n) is 18.7. The fourth-order valence-corrected chi connectivity index (χ4v) is 3.91. The van der Waals surface area contributed by atoms with Gasteiger partial charge in [0.05, 0.1) is 35.5 Å². The molecule has 4 rings (SSSR count). The van der Waals surface area contributed by atoms with E-state index in [1.165, 1.54) is 5.56 Å². The predicted molar refractivity (Wildman–Crippen MR) is 125 cm³/mol. The zero-order valence-corrected chi connectivity index (χ0v) is 18.7. The zero-order chi connectivity index (χ0) is 22.0. The van der Waals surface area contributed by atoms with E-state index >= 15 is 0 Å². The molecular weight excluding hydrogens is 386 g/mol. The first-order valence-electron chi connectivity index (χ1n) is 10.5. The van der Waals surface area contributed by atoms with E-state index in [9.17, 15) is 0 Å². The Morgan fingerprint density at radius 3 is 2.26 bits per heavy atom. The van der Waals surface area contributed by atoms with Crippen molar-refractivity contribution in [3.05, 3.63) is 83.1 Å². The van der Waals surface area contributed by atoms with Crippen LogP contribution in [0.15, 0.2) is 70.1 Å². The van der Waals surface area contributed by atoms with Crippen LogP contribution in [0.4, 0.5) is 5.69 Å². The second-order valence-corrected chi connectivity index (χ2v) is 7.57. The second kappa shape index (κ2) is 8.68. The van der Waals surface area contributed by atoms with Crippen LogP contribution in [-0.2, 0) is 0 Å². The molecule has 31 heavy (non-hydrogen) atoms. The first-order valence-corrected chi connectivity index (χ1v) is 10.5. The van der Waals surface area contributed by atoms with E-state index in [0.29, 0.717) is 6.61 Å². The van der Waals surface area contributed by atoms with Gasteiger partial charge in [0.1, 0.15) is 23.0 Å². The molecule has 0 saturated carbocycles. The van der Waals surface area contributed by atoms with Crippen LogP contribution in [0.3, 0.4) is 0 Å². The highest BCUT2D eigenvalue weighted by molar-refractivity contribution is 5.93. The molecule has 158 valence electrons. The molecule has 4 heteroatoms. The van der Waals surface area contributed by atoms with Crippen molar-refractivity contribution in [2.75, 3.05) is 13.7 Å². The van der Waals surface area contributed by atoms with Gasteiger partial charge in [-0.05, 0) is 80.8 Å². The lowest BCUT2D eigenvalue weighted by Crippen LogP contribution is -2.00. The molecule has 4 aromatic rings. The van der Waals surface area contributed by atoms with Gasteiger partial charge in [-0.1, -0.05) is 24.3 Å². The molecule has 0 atom stereocenters. The van der Waals surface area contributed by atoms with Crippen molar-refractivity contribution >= 4 is 16.5 Å². The molecule has 3 aromatic carbocycles. The molecule has 0 radical (unpaired) electrons. The Morgan fingerprint density at radius 2 is 1.58 bits per heavy atom. The summed E-state index contributed by atoms with van der Waals surface area (Å²) in [6.45, 7) is 8.58. The molecular formula is C27H27NO3. The molecule has 0 spiro atoms. The average Bonchev–Trinajstić information content (AvgIpc) is 2.95. The number of benzene rings is 2. The van der Waals surface area contributed by atoms with Crippen LogP contribution in [-0.4, -0.2) is 13.7 Å². The summed E-state index contributed by atoms with van der Waals surface area (Å²) >= 11 is 0. The van der Waals surface area contributed by atoms with Crippen LogP contribution in [0.5, 0.6) is 11.5 Å². The lowest BCUT2D eigenvalue weighted by Gasteiger charge is -2.05. The molecule has 1 heterocycles. The summed E-state index contributed by atoms with van der Waals surface area (Å²) in [4.78, 5) is 5.03. The van der Waals surface area contributed by atoms with Gasteiger partial charge in [0.25, 0.3) is 0 Å². The van der Waals surface area contributed by atoms with Crippen LogP contribution < -0.4 is 14.8 Å². The van der Waals surface area contributed by atoms with Crippen LogP contribution in [0, 0.1) is 20.8 Å². The van der Waals surface area contributed by atoms with Gasteiger partial charge in [-0.3, -0.25) is 0 Å². The number of hydrogen-bond donors (Lipinski definition) is 0. The van der Waals surface area contributed by atoms with Gasteiger partial charge in [0, 0.05) is 0 Å². The maximum Gasteiger partial charge on any atom is 0.131 e. The lowest BCUT2D eigenvalue weighted by atomic mass is 10.1. The summed E-state index contributed by atoms with van der Waals surface area (Å²) in [7, 11) is 1.67. The van der Waals surface area contributed by atoms with Crippen molar-refractivity contribution in [1.82, 2.24) is 0 Å². The lowest BCUT2D eigenvalue weighted by molar-refractivity contribution is 0.344. The smallest absolute Gasteiger partial charge is 0.131 e. The van der Waals surface area contributed by atoms with Gasteiger partial charge in [0.2, 0.25) is 0 Å². The molecule has 1 aromatic heterocycles. The molecule has 0 amide bonds. The maximum atomic E-state index is 6.08. The number of methoxy groups -OCH3 is 1. The highest BCUT2D eigenvalue weighted by atomic mass is 16.5. The summed E-state index contributed by atoms with van der Waals surface area (Å²) in [5, 5.41) is 2.79. The van der Waals surface area contributed by atoms with E-state index in [4.69, 9.17) is 18.9 Å². The fourth-order valence-electron chi connectivity index (χ4n) is 3.91. The number of fused-ring (bicyclic) bond motifs is 1. The molecule has 0 unspecified atom stereocenters. The van der Waals surface area contributed by atoms with E-state index in [0.717, 1.165) is 56.0 Å². The second-order valence-electron chi connectivity index (χ2n) is 7.57. The monoisotopic (exact) mass is 413 g/mol. The van der Waals surface area contributed by atoms with E-state index in [-0.39, 0.29) is 0 Å². The van der Waals surface area contributed by atoms with E-state index in [1.54, 1.807) is 7.11 Å². The number of rotatable bonds is 5. The van der Waals surface area contributed by atoms with Gasteiger partial charge in [-0.2, -0.15) is 0 Å². The van der Waals surface area contributed by atoms with Crippen molar-refractivity contribution in [3.8, 4) is 22.6 Å². The summed E-state index contributed by atoms with van der Waals surface area (Å²) < 4.78 is 17.4. The predicted octanol–water partition coefficient (Wildman–Crippen LogP) is 6.66. The Balaban J connectivity index is 2.10. The normalized spacial score (nSPS) is 11.7. The number of aryl methyl sites for hydroxylation is 3. The van der Waals surface area contributed by atoms with E-state index in [2.05, 4.69) is 43.3 Å². The van der Waals surface area contributed by atoms with Gasteiger partial charge in [-0.15, -0.1) is 0 Å². The summed E-state index contributed by atoms with van der Waals surface area (Å²) in [6.07, 6.45) is 0. The molecule has 0 aliphatic carbocycles. The third kappa shape index (κ3) is 4.19. The molecule has 4 nitrogen and oxygen atoms in total. The Bertz CT molecular complexity index is 1300. The topological polar surface area (TPSA) is 44.0 Å². The van der Waals surface area contributed by atoms with Crippen molar-refractivity contribution in [2.45, 2.75) is 27.7 Å². The summed E-state index contributed by atoms with van der Waals surface area (Å²) in [5.41, 5.74) is 4.16. The van der Waals surface area contributed by atoms with Crippen LogP contribution in [0.2, 0.25) is 0 Å². The third-order valence-electron chi connectivity index (χ3n) is 5.32. The molecule has 0 saturated heterocycles. The quantitative estimate of drug-likeness (QED) is 0.367. The maximum absolute atomic E-state index is 6.08. The Kier molecular flexibility index (Phi) is 5.81. The average molecular weight is 414 g/mol. The number of nitrogens with zero attached hydrogens (tertiary/aromatic N) is 1. The first kappa shape index (κ1) is 20.7. The van der Waals surface area contributed by atoms with Crippen molar-refractivity contribution < 1.29 is 13.9 Å². The van der Waals surface area contributed by atoms with Crippen LogP contribution >= 0.6 is 0 Å². The Morgan fingerprint density at radius 1 is 0.839 bits per heavy atom. The molecule has 0 N–H and O–H groups in total. The Hall–Kier alpha value is -3.53. The minimum absolute atomic E-state index is 0.565. The largest absolute Gasteiger partial charge is 0.497 e. The van der Waals surface area contributed by atoms with Gasteiger partial charge < -0.3 is 13.9 Å². The third-order valence-corrected chi connectivity index (χ3v) is 5.32. The fraction of sp³-hybridized carbons (Fsp3) is 0.222. The molecule has 0 aliphatic heterocycles. The minimum atomic E-state index is 0.565. The Labute approximate surface area is 182 Å². The van der Waals surface area contributed by atoms with E-state index in [1.807, 2.05) is 45.0 Å². The molecule has 0 aliphatic rings. The highest BCUT2D eigenvalue weighted by Gasteiger charge is 2.15. The summed E-state index contributed by atoms with van der Waals surface area (Å²) in [5.74, 6) is 3.27. The van der Waals surface area contributed by atoms with Crippen molar-refractivity contribution in [1.29, 1.82) is 0 Å². The number of furan rings is 1. The van der Waals surface area contributed by atoms with E-state index < -0.39 is 0 Å². The highest BCUT2D eigenvalue weighted by Crippen LogP contribution is 2.34. The standard InChI is InChI=1S/C27H27NO3/c1-6-30-25-16-21(20-10-12-23(29-5)13-11-20)15-24(26-18(3)31-19(4)27(25)26)28-22-9-7-8-17(2)14-22/h7-16H,6H2,1-5H3. The van der Waals surface area contributed by atoms with Gasteiger partial charge in [-0.25, -0.2) is 4.99 Å². The van der Waals surface area contributed by atoms with Crippen molar-refractivity contribution in [3.63, 3.8) is 0 Å². The SMILES string of the molecule is CCOc1cc(-c2ccc(OC)cc2)cc(=Nc2cccc(C)c2)c2c(C)oc(C)c12. The van der Waals surface area contributed by atoms with Crippen LogP contribution in [0.25, 0.3) is 21.9 Å². The number of ether oxygens (including phenoxy) is 2. The van der Waals surface area contributed by atoms with Crippen LogP contribution in [0.1, 0.15) is 24.0 Å².